The van der Waals surface area contributed by atoms with Gasteiger partial charge in [-0.3, -0.25) is 0 Å². The molecule has 0 aliphatic rings. The molecule has 0 amide bonds. The molecule has 0 aliphatic heterocycles. The van der Waals surface area contributed by atoms with Gasteiger partial charge in [0, 0.05) is 0 Å². The van der Waals surface area contributed by atoms with Crippen LogP contribution in [-0.4, -0.2) is 11.3 Å². The smallest absolute Gasteiger partial charge is 0.379 e. The molecule has 0 aromatic heterocycles. The predicted octanol–water partition coefficient (Wildman–Crippen LogP) is 4.97. The summed E-state index contributed by atoms with van der Waals surface area (Å²) in [6, 6.07) is 4.67. The molecular weight excluding hydrogens is 265 g/mol. The molecule has 1 atom stereocenters. The first-order chi connectivity index (χ1) is 9.40. The maximum Gasteiger partial charge on any atom is 0.418 e. The molecule has 20 heavy (non-hydrogen) atoms. The largest absolute Gasteiger partial charge is 0.418 e. The zero-order valence-corrected chi connectivity index (χ0v) is 12.1. The van der Waals surface area contributed by atoms with Gasteiger partial charge in [-0.1, -0.05) is 44.9 Å². The summed E-state index contributed by atoms with van der Waals surface area (Å²) in [5.74, 6) is 0. The van der Waals surface area contributed by atoms with E-state index in [0.29, 0.717) is 0 Å². The van der Waals surface area contributed by atoms with Crippen LogP contribution < -0.4 is 0 Å². The quantitative estimate of drug-likeness (QED) is 0.751. The Bertz CT molecular complexity index is 413. The van der Waals surface area contributed by atoms with Gasteiger partial charge in [-0.2, -0.15) is 13.2 Å². The van der Waals surface area contributed by atoms with E-state index in [4.69, 9.17) is 0 Å². The summed E-state index contributed by atoms with van der Waals surface area (Å²) in [7, 11) is 0. The summed E-state index contributed by atoms with van der Waals surface area (Å²) >= 11 is 0. The van der Waals surface area contributed by atoms with Crippen LogP contribution in [0.25, 0.3) is 0 Å². The molecule has 0 fully saturated rings. The minimum Gasteiger partial charge on any atom is -0.379 e. The molecule has 0 aliphatic carbocycles. The van der Waals surface area contributed by atoms with Crippen molar-refractivity contribution in [2.75, 3.05) is 0 Å². The van der Waals surface area contributed by atoms with E-state index in [1.54, 1.807) is 6.07 Å². The molecule has 1 nitrogen and oxygen atoms in total. The third kappa shape index (κ3) is 4.82. The number of aliphatic hydroxyl groups is 1. The van der Waals surface area contributed by atoms with Crippen molar-refractivity contribution in [2.24, 2.45) is 0 Å². The highest BCUT2D eigenvalue weighted by Crippen LogP contribution is 2.33. The fourth-order valence-electron chi connectivity index (χ4n) is 2.22. The van der Waals surface area contributed by atoms with E-state index in [2.05, 4.69) is 13.8 Å². The van der Waals surface area contributed by atoms with E-state index in [0.717, 1.165) is 49.7 Å². The van der Waals surface area contributed by atoms with E-state index >= 15 is 0 Å². The molecule has 1 aromatic carbocycles. The van der Waals surface area contributed by atoms with E-state index in [1.807, 2.05) is 0 Å². The van der Waals surface area contributed by atoms with Crippen LogP contribution in [0.3, 0.4) is 0 Å². The topological polar surface area (TPSA) is 20.2 Å². The normalized spacial score (nSPS) is 13.5. The van der Waals surface area contributed by atoms with Crippen LogP contribution in [0.5, 0.6) is 0 Å². The summed E-state index contributed by atoms with van der Waals surface area (Å²) < 4.78 is 37.7. The molecule has 0 radical (unpaired) electrons. The Morgan fingerprint density at radius 1 is 1.00 bits per heavy atom. The van der Waals surface area contributed by atoms with Crippen LogP contribution in [-0.2, 0) is 12.8 Å². The number of unbranched alkanes of at least 4 members (excludes halogenated alkanes) is 2. The second kappa shape index (κ2) is 7.67. The molecule has 1 N–H and O–H groups in total. The highest BCUT2D eigenvalue weighted by molar-refractivity contribution is 5.34. The molecule has 1 unspecified atom stereocenters. The SMILES string of the molecule is CCCCc1ccc(C(O)C(F)(F)F)cc1CCCC. The molecule has 114 valence electrons. The first-order valence-electron chi connectivity index (χ1n) is 7.26. The summed E-state index contributed by atoms with van der Waals surface area (Å²) in [5.41, 5.74) is 2.00. The number of alkyl halides is 3. The van der Waals surface area contributed by atoms with Gasteiger partial charge in [0.2, 0.25) is 0 Å². The van der Waals surface area contributed by atoms with Crippen LogP contribution in [0.4, 0.5) is 13.2 Å². The van der Waals surface area contributed by atoms with Crippen LogP contribution in [0.2, 0.25) is 0 Å². The van der Waals surface area contributed by atoms with Crippen molar-refractivity contribution in [3.05, 3.63) is 34.9 Å². The van der Waals surface area contributed by atoms with Crippen LogP contribution in [0.1, 0.15) is 62.3 Å². The molecule has 0 bridgehead atoms. The molecule has 1 aromatic rings. The maximum atomic E-state index is 12.6. The number of aliphatic hydroxyl groups excluding tert-OH is 1. The Morgan fingerprint density at radius 3 is 2.05 bits per heavy atom. The molecule has 0 saturated heterocycles. The fourth-order valence-corrected chi connectivity index (χ4v) is 2.22. The van der Waals surface area contributed by atoms with Gasteiger partial charge < -0.3 is 5.11 Å². The van der Waals surface area contributed by atoms with Crippen molar-refractivity contribution in [1.29, 1.82) is 0 Å². The molecule has 0 heterocycles. The van der Waals surface area contributed by atoms with Gasteiger partial charge in [0.05, 0.1) is 0 Å². The predicted molar refractivity (Wildman–Crippen MR) is 74.7 cm³/mol. The van der Waals surface area contributed by atoms with Crippen LogP contribution >= 0.6 is 0 Å². The van der Waals surface area contributed by atoms with Crippen LogP contribution in [0, 0.1) is 0 Å². The Balaban J connectivity index is 3.00. The van der Waals surface area contributed by atoms with E-state index < -0.39 is 12.3 Å². The second-order valence-corrected chi connectivity index (χ2v) is 5.18. The van der Waals surface area contributed by atoms with Crippen LogP contribution in [0.15, 0.2) is 18.2 Å². The Hall–Kier alpha value is -1.03. The minimum absolute atomic E-state index is 0.0520. The second-order valence-electron chi connectivity index (χ2n) is 5.18. The summed E-state index contributed by atoms with van der Waals surface area (Å²) in [5, 5.41) is 9.35. The highest BCUT2D eigenvalue weighted by atomic mass is 19.4. The van der Waals surface area contributed by atoms with Gasteiger partial charge in [-0.25, -0.2) is 0 Å². The van der Waals surface area contributed by atoms with Crippen molar-refractivity contribution in [2.45, 2.75) is 64.7 Å². The first-order valence-corrected chi connectivity index (χ1v) is 7.26. The average molecular weight is 288 g/mol. The van der Waals surface area contributed by atoms with Crippen molar-refractivity contribution in [3.8, 4) is 0 Å². The summed E-state index contributed by atoms with van der Waals surface area (Å²) in [4.78, 5) is 0. The summed E-state index contributed by atoms with van der Waals surface area (Å²) in [6.45, 7) is 4.15. The van der Waals surface area contributed by atoms with E-state index in [9.17, 15) is 18.3 Å². The third-order valence-corrected chi connectivity index (χ3v) is 3.46. The Kier molecular flexibility index (Phi) is 6.53. The molecular formula is C16H23F3O. The lowest BCUT2D eigenvalue weighted by molar-refractivity contribution is -0.206. The van der Waals surface area contributed by atoms with Gasteiger partial charge in [0.15, 0.2) is 6.10 Å². The lowest BCUT2D eigenvalue weighted by atomic mass is 9.94. The van der Waals surface area contributed by atoms with Gasteiger partial charge in [0.25, 0.3) is 0 Å². The van der Waals surface area contributed by atoms with E-state index in [1.165, 1.54) is 12.1 Å². The van der Waals surface area contributed by atoms with Gasteiger partial charge in [-0.05, 0) is 42.4 Å². The molecule has 4 heteroatoms. The fraction of sp³-hybridized carbons (Fsp3) is 0.625. The average Bonchev–Trinajstić information content (AvgIpc) is 2.41. The number of aryl methyl sites for hydroxylation is 2. The lowest BCUT2D eigenvalue weighted by Gasteiger charge is -2.17. The van der Waals surface area contributed by atoms with Crippen molar-refractivity contribution < 1.29 is 18.3 Å². The number of hydrogen-bond acceptors (Lipinski definition) is 1. The zero-order valence-electron chi connectivity index (χ0n) is 12.1. The lowest BCUT2D eigenvalue weighted by Crippen LogP contribution is -2.20. The van der Waals surface area contributed by atoms with Gasteiger partial charge in [0.1, 0.15) is 0 Å². The van der Waals surface area contributed by atoms with Crippen molar-refractivity contribution in [3.63, 3.8) is 0 Å². The maximum absolute atomic E-state index is 12.6. The highest BCUT2D eigenvalue weighted by Gasteiger charge is 2.39. The molecule has 0 saturated carbocycles. The number of benzene rings is 1. The number of halogens is 3. The zero-order chi connectivity index (χ0) is 15.2. The molecule has 0 spiro atoms. The third-order valence-electron chi connectivity index (χ3n) is 3.46. The Morgan fingerprint density at radius 2 is 1.55 bits per heavy atom. The Labute approximate surface area is 118 Å². The number of hydrogen-bond donors (Lipinski definition) is 1. The first kappa shape index (κ1) is 17.0. The van der Waals surface area contributed by atoms with Crippen molar-refractivity contribution in [1.82, 2.24) is 0 Å². The van der Waals surface area contributed by atoms with E-state index in [-0.39, 0.29) is 5.56 Å². The standard InChI is InChI=1S/C16H23F3O/c1-3-5-7-12-9-10-14(15(20)16(17,18)19)11-13(12)8-6-4-2/h9-11,15,20H,3-8H2,1-2H3. The monoisotopic (exact) mass is 288 g/mol. The van der Waals surface area contributed by atoms with Gasteiger partial charge >= 0.3 is 6.18 Å². The molecule has 1 rings (SSSR count). The minimum atomic E-state index is -4.60. The van der Waals surface area contributed by atoms with Gasteiger partial charge in [-0.15, -0.1) is 0 Å². The van der Waals surface area contributed by atoms with Crippen molar-refractivity contribution >= 4 is 0 Å². The summed E-state index contributed by atoms with van der Waals surface area (Å²) in [6.07, 6.45) is -1.30. The number of rotatable bonds is 7.